The molecular formula is C4H4N6. The molecule has 0 N–H and O–H groups in total. The van der Waals surface area contributed by atoms with Crippen LogP contribution in [0, 0.1) is 6.92 Å². The standard InChI is InChI=1S/C4H4N6/c1-3-6-7-4-2-5-8-9-10(3)4/h2H,1H3. The highest BCUT2D eigenvalue weighted by Gasteiger charge is 1.98. The molecule has 0 aromatic carbocycles. The molecule has 6 nitrogen and oxygen atoms in total. The van der Waals surface area contributed by atoms with Crippen LogP contribution in [0.2, 0.25) is 0 Å². The molecule has 0 saturated heterocycles. The van der Waals surface area contributed by atoms with E-state index < -0.39 is 0 Å². The van der Waals surface area contributed by atoms with Crippen LogP contribution in [0.1, 0.15) is 5.82 Å². The third kappa shape index (κ3) is 0.554. The molecule has 0 bridgehead atoms. The summed E-state index contributed by atoms with van der Waals surface area (Å²) in [4.78, 5) is 0. The van der Waals surface area contributed by atoms with Gasteiger partial charge in [0.1, 0.15) is 0 Å². The number of hydrogen-bond donors (Lipinski definition) is 0. The van der Waals surface area contributed by atoms with Crippen molar-refractivity contribution in [2.45, 2.75) is 6.92 Å². The normalized spacial score (nSPS) is 10.5. The Morgan fingerprint density at radius 3 is 3.10 bits per heavy atom. The minimum Gasteiger partial charge on any atom is -0.176 e. The fourth-order valence-electron chi connectivity index (χ4n) is 0.706. The summed E-state index contributed by atoms with van der Waals surface area (Å²) in [6.07, 6.45) is 1.51. The maximum Gasteiger partial charge on any atom is 0.199 e. The summed E-state index contributed by atoms with van der Waals surface area (Å²) < 4.78 is 1.52. The van der Waals surface area contributed by atoms with Crippen LogP contribution in [0.4, 0.5) is 0 Å². The quantitative estimate of drug-likeness (QED) is 0.475. The first-order valence-electron chi connectivity index (χ1n) is 2.74. The molecule has 6 heteroatoms. The number of hydrogen-bond acceptors (Lipinski definition) is 5. The van der Waals surface area contributed by atoms with Crippen LogP contribution in [0.5, 0.6) is 0 Å². The molecule has 2 rings (SSSR count). The fraction of sp³-hybridized carbons (Fsp3) is 0.250. The van der Waals surface area contributed by atoms with E-state index in [0.717, 1.165) is 0 Å². The van der Waals surface area contributed by atoms with Gasteiger partial charge < -0.3 is 0 Å². The van der Waals surface area contributed by atoms with Crippen molar-refractivity contribution < 1.29 is 0 Å². The Morgan fingerprint density at radius 2 is 2.30 bits per heavy atom. The predicted molar refractivity (Wildman–Crippen MR) is 31.1 cm³/mol. The number of aromatic nitrogens is 6. The van der Waals surface area contributed by atoms with Crippen molar-refractivity contribution in [1.29, 1.82) is 0 Å². The minimum absolute atomic E-state index is 0.618. The van der Waals surface area contributed by atoms with Crippen molar-refractivity contribution in [3.8, 4) is 0 Å². The minimum atomic E-state index is 0.618. The van der Waals surface area contributed by atoms with Gasteiger partial charge in [-0.15, -0.1) is 15.3 Å². The summed E-state index contributed by atoms with van der Waals surface area (Å²) in [5.74, 6) is 0.713. The average molecular weight is 136 g/mol. The first-order valence-corrected chi connectivity index (χ1v) is 2.74. The first-order chi connectivity index (χ1) is 4.88. The molecular weight excluding hydrogens is 132 g/mol. The van der Waals surface area contributed by atoms with Crippen LogP contribution in [-0.4, -0.2) is 30.2 Å². The molecule has 0 saturated carbocycles. The molecule has 0 atom stereocenters. The monoisotopic (exact) mass is 136 g/mol. The molecule has 0 aliphatic heterocycles. The van der Waals surface area contributed by atoms with Gasteiger partial charge in [-0.25, -0.2) is 0 Å². The topological polar surface area (TPSA) is 68.9 Å². The van der Waals surface area contributed by atoms with E-state index >= 15 is 0 Å². The van der Waals surface area contributed by atoms with E-state index in [-0.39, 0.29) is 0 Å². The van der Waals surface area contributed by atoms with Gasteiger partial charge in [0.25, 0.3) is 0 Å². The molecule has 0 spiro atoms. The lowest BCUT2D eigenvalue weighted by Crippen LogP contribution is -1.97. The van der Waals surface area contributed by atoms with E-state index in [1.54, 1.807) is 6.92 Å². The fourth-order valence-corrected chi connectivity index (χ4v) is 0.706. The van der Waals surface area contributed by atoms with Crippen LogP contribution >= 0.6 is 0 Å². The van der Waals surface area contributed by atoms with E-state index in [1.807, 2.05) is 0 Å². The van der Waals surface area contributed by atoms with Crippen molar-refractivity contribution in [3.05, 3.63) is 12.0 Å². The van der Waals surface area contributed by atoms with Gasteiger partial charge >= 0.3 is 0 Å². The molecule has 0 fully saturated rings. The highest BCUT2D eigenvalue weighted by Crippen LogP contribution is 1.93. The zero-order valence-corrected chi connectivity index (χ0v) is 5.26. The molecule has 10 heavy (non-hydrogen) atoms. The smallest absolute Gasteiger partial charge is 0.176 e. The van der Waals surface area contributed by atoms with Crippen molar-refractivity contribution in [2.24, 2.45) is 0 Å². The lowest BCUT2D eigenvalue weighted by atomic mass is 10.7. The largest absolute Gasteiger partial charge is 0.199 e. The summed E-state index contributed by atoms with van der Waals surface area (Å²) >= 11 is 0. The Morgan fingerprint density at radius 1 is 1.40 bits per heavy atom. The van der Waals surface area contributed by atoms with E-state index in [1.165, 1.54) is 10.7 Å². The summed E-state index contributed by atoms with van der Waals surface area (Å²) in [6.45, 7) is 1.80. The Balaban J connectivity index is 2.93. The zero-order valence-electron chi connectivity index (χ0n) is 5.26. The third-order valence-electron chi connectivity index (χ3n) is 1.17. The van der Waals surface area contributed by atoms with Gasteiger partial charge in [0, 0.05) is 0 Å². The Kier molecular flexibility index (Phi) is 0.883. The number of nitrogens with zero attached hydrogens (tertiary/aromatic N) is 6. The maximum absolute atomic E-state index is 3.77. The summed E-state index contributed by atoms with van der Waals surface area (Å²) in [6, 6.07) is 0. The highest BCUT2D eigenvalue weighted by molar-refractivity contribution is 5.30. The van der Waals surface area contributed by atoms with Crippen molar-refractivity contribution in [1.82, 2.24) is 30.2 Å². The van der Waals surface area contributed by atoms with Gasteiger partial charge in [-0.05, 0) is 17.4 Å². The van der Waals surface area contributed by atoms with Crippen LogP contribution in [0.25, 0.3) is 5.65 Å². The van der Waals surface area contributed by atoms with E-state index in [2.05, 4.69) is 25.7 Å². The lowest BCUT2D eigenvalue weighted by molar-refractivity contribution is 0.709. The molecule has 0 aliphatic rings. The summed E-state index contributed by atoms with van der Waals surface area (Å²) in [5.41, 5.74) is 0.618. The van der Waals surface area contributed by atoms with Gasteiger partial charge in [0.2, 0.25) is 0 Å². The Labute approximate surface area is 55.9 Å². The van der Waals surface area contributed by atoms with E-state index in [4.69, 9.17) is 0 Å². The third-order valence-corrected chi connectivity index (χ3v) is 1.17. The SMILES string of the molecule is Cc1nnc2cnnnn12. The highest BCUT2D eigenvalue weighted by atomic mass is 15.5. The van der Waals surface area contributed by atoms with E-state index in [9.17, 15) is 0 Å². The average Bonchev–Trinajstić information content (AvgIpc) is 2.34. The second-order valence-corrected chi connectivity index (χ2v) is 1.84. The van der Waals surface area contributed by atoms with Crippen LogP contribution < -0.4 is 0 Å². The molecule has 0 aliphatic carbocycles. The summed E-state index contributed by atoms with van der Waals surface area (Å²) in [7, 11) is 0. The molecule has 2 heterocycles. The molecule has 0 amide bonds. The Hall–Kier alpha value is -1.59. The molecule has 2 aromatic rings. The zero-order chi connectivity index (χ0) is 6.97. The van der Waals surface area contributed by atoms with Crippen LogP contribution in [-0.2, 0) is 0 Å². The molecule has 2 aromatic heterocycles. The predicted octanol–water partition coefficient (Wildman–Crippen LogP) is -0.777. The second kappa shape index (κ2) is 1.69. The maximum atomic E-state index is 3.77. The van der Waals surface area contributed by atoms with Crippen LogP contribution in [0.3, 0.4) is 0 Å². The van der Waals surface area contributed by atoms with Crippen molar-refractivity contribution >= 4 is 5.65 Å². The Bertz CT molecular complexity index is 351. The van der Waals surface area contributed by atoms with Gasteiger partial charge in [-0.3, -0.25) is 0 Å². The molecule has 0 radical (unpaired) electrons. The number of rotatable bonds is 0. The summed E-state index contributed by atoms with van der Waals surface area (Å²) in [5, 5.41) is 18.2. The lowest BCUT2D eigenvalue weighted by Gasteiger charge is -1.85. The first kappa shape index (κ1) is 5.21. The van der Waals surface area contributed by atoms with Crippen molar-refractivity contribution in [2.75, 3.05) is 0 Å². The van der Waals surface area contributed by atoms with Gasteiger partial charge in [-0.1, -0.05) is 0 Å². The van der Waals surface area contributed by atoms with E-state index in [0.29, 0.717) is 11.5 Å². The van der Waals surface area contributed by atoms with Crippen LogP contribution in [0.15, 0.2) is 6.20 Å². The second-order valence-electron chi connectivity index (χ2n) is 1.84. The number of aryl methyl sites for hydroxylation is 1. The number of fused-ring (bicyclic) bond motifs is 1. The van der Waals surface area contributed by atoms with Gasteiger partial charge in [0.15, 0.2) is 11.5 Å². The molecule has 0 unspecified atom stereocenters. The molecule has 50 valence electrons. The van der Waals surface area contributed by atoms with Gasteiger partial charge in [-0.2, -0.15) is 4.52 Å². The van der Waals surface area contributed by atoms with Crippen molar-refractivity contribution in [3.63, 3.8) is 0 Å². The van der Waals surface area contributed by atoms with Gasteiger partial charge in [0.05, 0.1) is 6.20 Å².